The third-order valence-corrected chi connectivity index (χ3v) is 4.21. The van der Waals surface area contributed by atoms with Crippen LogP contribution in [0.5, 0.6) is 0 Å². The number of nitrogens with zero attached hydrogens (tertiary/aromatic N) is 2. The second-order valence-electron chi connectivity index (χ2n) is 5.65. The maximum absolute atomic E-state index is 12.5. The smallest absolute Gasteiger partial charge is 0.307 e. The lowest BCUT2D eigenvalue weighted by atomic mass is 9.78. The summed E-state index contributed by atoms with van der Waals surface area (Å²) in [6, 6.07) is 0. The summed E-state index contributed by atoms with van der Waals surface area (Å²) in [5.74, 6) is -2.96. The number of carbonyl (C=O) groups excluding carboxylic acids is 2. The van der Waals surface area contributed by atoms with Crippen molar-refractivity contribution in [2.24, 2.45) is 11.8 Å². The highest BCUT2D eigenvalue weighted by atomic mass is 16.4. The van der Waals surface area contributed by atoms with Crippen LogP contribution in [-0.4, -0.2) is 39.7 Å². The van der Waals surface area contributed by atoms with Crippen LogP contribution in [0.15, 0.2) is 6.20 Å². The summed E-state index contributed by atoms with van der Waals surface area (Å²) < 4.78 is 1.55. The normalized spacial score (nSPS) is 20.8. The first-order chi connectivity index (χ1) is 11.0. The Balaban J connectivity index is 2.20. The summed E-state index contributed by atoms with van der Waals surface area (Å²) in [6.45, 7) is 2.43. The van der Waals surface area contributed by atoms with Gasteiger partial charge in [-0.15, -0.1) is 0 Å². The van der Waals surface area contributed by atoms with Crippen molar-refractivity contribution in [2.45, 2.75) is 39.2 Å². The van der Waals surface area contributed by atoms with E-state index in [0.717, 1.165) is 12.8 Å². The van der Waals surface area contributed by atoms with Crippen molar-refractivity contribution in [1.82, 2.24) is 15.1 Å². The van der Waals surface area contributed by atoms with Crippen LogP contribution in [0.4, 0.5) is 5.69 Å². The molecule has 0 bridgehead atoms. The molecule has 8 heteroatoms. The van der Waals surface area contributed by atoms with E-state index in [1.54, 1.807) is 10.9 Å². The van der Waals surface area contributed by atoms with Crippen molar-refractivity contribution in [3.05, 3.63) is 11.9 Å². The highest BCUT2D eigenvalue weighted by molar-refractivity contribution is 6.03. The van der Waals surface area contributed by atoms with E-state index in [1.807, 2.05) is 6.92 Å². The zero-order valence-electron chi connectivity index (χ0n) is 13.3. The summed E-state index contributed by atoms with van der Waals surface area (Å²) >= 11 is 0. The van der Waals surface area contributed by atoms with Crippen LogP contribution >= 0.6 is 0 Å². The van der Waals surface area contributed by atoms with Crippen molar-refractivity contribution in [3.8, 4) is 0 Å². The molecule has 23 heavy (non-hydrogen) atoms. The van der Waals surface area contributed by atoms with E-state index in [1.165, 1.54) is 7.05 Å². The molecular weight excluding hydrogens is 300 g/mol. The predicted octanol–water partition coefficient (Wildman–Crippen LogP) is 1.09. The minimum absolute atomic E-state index is 0.130. The van der Waals surface area contributed by atoms with Crippen LogP contribution in [0.2, 0.25) is 0 Å². The zero-order chi connectivity index (χ0) is 17.0. The number of aromatic nitrogens is 2. The number of carbonyl (C=O) groups is 3. The number of aryl methyl sites for hydroxylation is 1. The highest BCUT2D eigenvalue weighted by Gasteiger charge is 2.36. The molecule has 1 aliphatic rings. The van der Waals surface area contributed by atoms with Gasteiger partial charge >= 0.3 is 5.97 Å². The molecule has 126 valence electrons. The molecule has 0 unspecified atom stereocenters. The van der Waals surface area contributed by atoms with Crippen LogP contribution < -0.4 is 10.6 Å². The lowest BCUT2D eigenvalue weighted by Gasteiger charge is -2.27. The van der Waals surface area contributed by atoms with Crippen LogP contribution in [0, 0.1) is 11.8 Å². The van der Waals surface area contributed by atoms with Gasteiger partial charge in [-0.1, -0.05) is 12.8 Å². The fourth-order valence-corrected chi connectivity index (χ4v) is 2.93. The molecule has 1 aliphatic carbocycles. The van der Waals surface area contributed by atoms with Gasteiger partial charge in [-0.3, -0.25) is 19.1 Å². The topological polar surface area (TPSA) is 113 Å². The number of anilines is 1. The third kappa shape index (κ3) is 3.69. The summed E-state index contributed by atoms with van der Waals surface area (Å²) in [7, 11) is 1.49. The number of rotatable bonds is 5. The van der Waals surface area contributed by atoms with Gasteiger partial charge in [0.1, 0.15) is 0 Å². The molecule has 1 aromatic rings. The predicted molar refractivity (Wildman–Crippen MR) is 83.0 cm³/mol. The first-order valence-corrected chi connectivity index (χ1v) is 7.81. The molecule has 1 saturated carbocycles. The van der Waals surface area contributed by atoms with E-state index < -0.39 is 23.7 Å². The van der Waals surface area contributed by atoms with Gasteiger partial charge in [0, 0.05) is 19.8 Å². The van der Waals surface area contributed by atoms with Crippen LogP contribution in [0.1, 0.15) is 43.1 Å². The molecule has 0 spiro atoms. The summed E-state index contributed by atoms with van der Waals surface area (Å²) in [5.41, 5.74) is 0.441. The SMILES string of the molecule is CCn1cc(NC(=O)[C@@H]2CCCC[C@H]2C(=O)O)c(C(=O)NC)n1. The van der Waals surface area contributed by atoms with E-state index in [9.17, 15) is 19.5 Å². The molecule has 2 rings (SSSR count). The van der Waals surface area contributed by atoms with E-state index in [0.29, 0.717) is 25.1 Å². The molecule has 0 aromatic carbocycles. The first kappa shape index (κ1) is 17.0. The fraction of sp³-hybridized carbons (Fsp3) is 0.600. The van der Waals surface area contributed by atoms with Gasteiger partial charge < -0.3 is 15.7 Å². The zero-order valence-corrected chi connectivity index (χ0v) is 13.3. The van der Waals surface area contributed by atoms with Gasteiger partial charge in [-0.05, 0) is 19.8 Å². The van der Waals surface area contributed by atoms with Crippen molar-refractivity contribution < 1.29 is 19.5 Å². The van der Waals surface area contributed by atoms with Crippen molar-refractivity contribution in [3.63, 3.8) is 0 Å². The Hall–Kier alpha value is -2.38. The monoisotopic (exact) mass is 322 g/mol. The van der Waals surface area contributed by atoms with E-state index in [-0.39, 0.29) is 11.6 Å². The number of hydrogen-bond acceptors (Lipinski definition) is 4. The Morgan fingerprint density at radius 1 is 1.30 bits per heavy atom. The highest BCUT2D eigenvalue weighted by Crippen LogP contribution is 2.31. The summed E-state index contributed by atoms with van der Waals surface area (Å²) in [4.78, 5) is 35.7. The number of aliphatic carboxylic acids is 1. The number of nitrogens with one attached hydrogen (secondary N) is 2. The third-order valence-electron chi connectivity index (χ3n) is 4.21. The van der Waals surface area contributed by atoms with Gasteiger partial charge in [0.15, 0.2) is 5.69 Å². The van der Waals surface area contributed by atoms with Crippen LogP contribution in [-0.2, 0) is 16.1 Å². The maximum atomic E-state index is 12.5. The molecule has 0 saturated heterocycles. The van der Waals surface area contributed by atoms with Crippen LogP contribution in [0.3, 0.4) is 0 Å². The molecule has 8 nitrogen and oxygen atoms in total. The molecule has 2 amide bonds. The number of amides is 2. The standard InChI is InChI=1S/C15H22N4O4/c1-3-19-8-11(12(18-19)14(21)16-2)17-13(20)9-6-4-5-7-10(9)15(22)23/h8-10H,3-7H2,1-2H3,(H,16,21)(H,17,20)(H,22,23)/t9-,10-/m1/s1. The van der Waals surface area contributed by atoms with Crippen LogP contribution in [0.25, 0.3) is 0 Å². The second kappa shape index (κ2) is 7.26. The Morgan fingerprint density at radius 2 is 1.96 bits per heavy atom. The molecule has 3 N–H and O–H groups in total. The second-order valence-corrected chi connectivity index (χ2v) is 5.65. The minimum atomic E-state index is -0.944. The number of hydrogen-bond donors (Lipinski definition) is 3. The number of carboxylic acids is 1. The van der Waals surface area contributed by atoms with E-state index >= 15 is 0 Å². The first-order valence-electron chi connectivity index (χ1n) is 7.81. The van der Waals surface area contributed by atoms with Gasteiger partial charge in [-0.25, -0.2) is 0 Å². The van der Waals surface area contributed by atoms with E-state index in [4.69, 9.17) is 0 Å². The average Bonchev–Trinajstić information content (AvgIpc) is 2.97. The van der Waals surface area contributed by atoms with Gasteiger partial charge in [0.2, 0.25) is 5.91 Å². The van der Waals surface area contributed by atoms with Crippen molar-refractivity contribution >= 4 is 23.5 Å². The molecule has 0 aliphatic heterocycles. The Kier molecular flexibility index (Phi) is 5.36. The molecule has 0 radical (unpaired) electrons. The molecular formula is C15H22N4O4. The quantitative estimate of drug-likeness (QED) is 0.751. The Bertz CT molecular complexity index is 611. The largest absolute Gasteiger partial charge is 0.481 e. The van der Waals surface area contributed by atoms with Crippen molar-refractivity contribution in [1.29, 1.82) is 0 Å². The van der Waals surface area contributed by atoms with Gasteiger partial charge in [-0.2, -0.15) is 5.10 Å². The lowest BCUT2D eigenvalue weighted by Crippen LogP contribution is -2.36. The molecule has 1 fully saturated rings. The maximum Gasteiger partial charge on any atom is 0.307 e. The summed E-state index contributed by atoms with van der Waals surface area (Å²) in [6.07, 6.45) is 4.28. The minimum Gasteiger partial charge on any atom is -0.481 e. The summed E-state index contributed by atoms with van der Waals surface area (Å²) in [5, 5.41) is 18.6. The molecule has 1 aromatic heterocycles. The fourth-order valence-electron chi connectivity index (χ4n) is 2.93. The average molecular weight is 322 g/mol. The van der Waals surface area contributed by atoms with E-state index in [2.05, 4.69) is 15.7 Å². The van der Waals surface area contributed by atoms with Gasteiger partial charge in [0.25, 0.3) is 5.91 Å². The molecule has 2 atom stereocenters. The number of carboxylic acid groups (broad SMARTS) is 1. The van der Waals surface area contributed by atoms with Crippen molar-refractivity contribution in [2.75, 3.05) is 12.4 Å². The lowest BCUT2D eigenvalue weighted by molar-refractivity contribution is -0.147. The van der Waals surface area contributed by atoms with Gasteiger partial charge in [0.05, 0.1) is 17.5 Å². The Morgan fingerprint density at radius 3 is 2.52 bits per heavy atom. The Labute approximate surface area is 134 Å². The molecule has 1 heterocycles.